The van der Waals surface area contributed by atoms with Crippen molar-refractivity contribution in [3.8, 4) is 11.1 Å². The van der Waals surface area contributed by atoms with Crippen LogP contribution in [0.4, 0.5) is 13.2 Å². The van der Waals surface area contributed by atoms with Gasteiger partial charge in [-0.2, -0.15) is 0 Å². The van der Waals surface area contributed by atoms with Crippen LogP contribution in [0.15, 0.2) is 36.4 Å². The summed E-state index contributed by atoms with van der Waals surface area (Å²) in [5.74, 6) is -1.88. The molecule has 3 heteroatoms. The van der Waals surface area contributed by atoms with Gasteiger partial charge in [-0.25, -0.2) is 13.2 Å². The lowest BCUT2D eigenvalue weighted by atomic mass is 9.58. The first-order chi connectivity index (χ1) is 18.0. The minimum absolute atomic E-state index is 0.380. The van der Waals surface area contributed by atoms with Crippen molar-refractivity contribution in [2.75, 3.05) is 0 Å². The molecule has 2 saturated carbocycles. The molecule has 37 heavy (non-hydrogen) atoms. The average Bonchev–Trinajstić information content (AvgIpc) is 2.94. The summed E-state index contributed by atoms with van der Waals surface area (Å²) in [5.41, 5.74) is 2.88. The van der Waals surface area contributed by atoms with Crippen molar-refractivity contribution in [3.05, 3.63) is 59.4 Å². The van der Waals surface area contributed by atoms with E-state index in [2.05, 4.69) is 19.1 Å². The molecule has 4 rings (SSSR count). The lowest BCUT2D eigenvalue weighted by Gasteiger charge is -2.48. The van der Waals surface area contributed by atoms with E-state index in [9.17, 15) is 13.2 Å². The largest absolute Gasteiger partial charge is 0.204 e. The maximum atomic E-state index is 13.7. The molecule has 0 aromatic heterocycles. The van der Waals surface area contributed by atoms with Gasteiger partial charge in [-0.3, -0.25) is 0 Å². The monoisotopic (exact) mass is 512 g/mol. The SMILES string of the molecule is CCCCCCCCC1CCC(CCc2ccc(-c3cc(F)c(F)c(F)c3)cc2)(C2CCCCC2)CC1. The van der Waals surface area contributed by atoms with Gasteiger partial charge >= 0.3 is 0 Å². The second-order valence-corrected chi connectivity index (χ2v) is 12.1. The van der Waals surface area contributed by atoms with E-state index in [0.717, 1.165) is 36.0 Å². The van der Waals surface area contributed by atoms with E-state index in [1.54, 1.807) is 0 Å². The van der Waals surface area contributed by atoms with Crippen LogP contribution in [0.5, 0.6) is 0 Å². The van der Waals surface area contributed by atoms with Crippen molar-refractivity contribution in [3.63, 3.8) is 0 Å². The van der Waals surface area contributed by atoms with Gasteiger partial charge in [0.05, 0.1) is 0 Å². The van der Waals surface area contributed by atoms with Crippen LogP contribution < -0.4 is 0 Å². The Labute approximate surface area is 223 Å². The van der Waals surface area contributed by atoms with Crippen molar-refractivity contribution in [2.45, 2.75) is 122 Å². The van der Waals surface area contributed by atoms with Crippen molar-refractivity contribution >= 4 is 0 Å². The fraction of sp³-hybridized carbons (Fsp3) is 0.647. The van der Waals surface area contributed by atoms with Gasteiger partial charge in [-0.15, -0.1) is 0 Å². The van der Waals surface area contributed by atoms with Crippen molar-refractivity contribution in [1.82, 2.24) is 0 Å². The minimum atomic E-state index is -1.41. The van der Waals surface area contributed by atoms with E-state index in [0.29, 0.717) is 11.0 Å². The smallest absolute Gasteiger partial charge is 0.194 e. The van der Waals surface area contributed by atoms with Crippen molar-refractivity contribution in [1.29, 1.82) is 0 Å². The molecule has 0 aliphatic heterocycles. The Morgan fingerprint density at radius 1 is 0.730 bits per heavy atom. The standard InChI is InChI=1S/C34H47F3/c1-2-3-4-5-6-8-11-26-18-21-34(22-19-26,30-12-9-7-10-13-30)23-20-27-14-16-28(17-15-27)29-24-31(35)33(37)32(36)25-29/h14-17,24-26,30H,2-13,18-23H2,1H3. The van der Waals surface area contributed by atoms with Crippen LogP contribution in [0.1, 0.15) is 122 Å². The Morgan fingerprint density at radius 3 is 2.00 bits per heavy atom. The van der Waals surface area contributed by atoms with Crippen LogP contribution in [0.25, 0.3) is 11.1 Å². The van der Waals surface area contributed by atoms with Gasteiger partial charge in [0.2, 0.25) is 0 Å². The van der Waals surface area contributed by atoms with Gasteiger partial charge in [-0.05, 0) is 97.4 Å². The number of unbranched alkanes of at least 4 members (excludes halogenated alkanes) is 5. The number of hydrogen-bond acceptors (Lipinski definition) is 0. The molecule has 0 N–H and O–H groups in total. The summed E-state index contributed by atoms with van der Waals surface area (Å²) in [4.78, 5) is 0. The number of halogens is 3. The minimum Gasteiger partial charge on any atom is -0.204 e. The van der Waals surface area contributed by atoms with Gasteiger partial charge in [-0.1, -0.05) is 95.4 Å². The van der Waals surface area contributed by atoms with Crippen LogP contribution in [-0.4, -0.2) is 0 Å². The Morgan fingerprint density at radius 2 is 1.35 bits per heavy atom. The summed E-state index contributed by atoms with van der Waals surface area (Å²) in [7, 11) is 0. The molecular formula is C34H47F3. The second kappa shape index (κ2) is 13.9. The van der Waals surface area contributed by atoms with Crippen molar-refractivity contribution in [2.24, 2.45) is 17.3 Å². The molecule has 0 nitrogen and oxygen atoms in total. The summed E-state index contributed by atoms with van der Waals surface area (Å²) in [5, 5.41) is 0. The van der Waals surface area contributed by atoms with Gasteiger partial charge in [0.15, 0.2) is 17.5 Å². The number of hydrogen-bond donors (Lipinski definition) is 0. The highest BCUT2D eigenvalue weighted by molar-refractivity contribution is 5.63. The van der Waals surface area contributed by atoms with E-state index in [1.807, 2.05) is 12.1 Å². The molecule has 0 unspecified atom stereocenters. The highest BCUT2D eigenvalue weighted by Gasteiger charge is 2.41. The van der Waals surface area contributed by atoms with Gasteiger partial charge in [0, 0.05) is 0 Å². The Kier molecular flexibility index (Phi) is 10.6. The van der Waals surface area contributed by atoms with Gasteiger partial charge in [0.25, 0.3) is 0 Å². The van der Waals surface area contributed by atoms with Crippen molar-refractivity contribution < 1.29 is 13.2 Å². The molecule has 0 atom stereocenters. The summed E-state index contributed by atoms with van der Waals surface area (Å²) < 4.78 is 40.7. The zero-order valence-corrected chi connectivity index (χ0v) is 23.0. The van der Waals surface area contributed by atoms with E-state index >= 15 is 0 Å². The molecule has 0 heterocycles. The predicted octanol–water partition coefficient (Wildman–Crippen LogP) is 11.2. The summed E-state index contributed by atoms with van der Waals surface area (Å²) in [6.45, 7) is 2.29. The summed E-state index contributed by atoms with van der Waals surface area (Å²) >= 11 is 0. The molecule has 2 aliphatic rings. The first-order valence-corrected chi connectivity index (χ1v) is 15.2. The highest BCUT2D eigenvalue weighted by Crippen LogP contribution is 2.52. The summed E-state index contributed by atoms with van der Waals surface area (Å²) in [6, 6.07) is 10.2. The van der Waals surface area contributed by atoms with Crippen LogP contribution >= 0.6 is 0 Å². The summed E-state index contributed by atoms with van der Waals surface area (Å²) in [6.07, 6.45) is 24.7. The van der Waals surface area contributed by atoms with Crippen LogP contribution in [-0.2, 0) is 6.42 Å². The highest BCUT2D eigenvalue weighted by atomic mass is 19.2. The molecule has 2 aromatic carbocycles. The molecule has 0 bridgehead atoms. The topological polar surface area (TPSA) is 0 Å². The quantitative estimate of drug-likeness (QED) is 0.196. The van der Waals surface area contributed by atoms with Crippen LogP contribution in [0.2, 0.25) is 0 Å². The average molecular weight is 513 g/mol. The second-order valence-electron chi connectivity index (χ2n) is 12.1. The molecule has 0 saturated heterocycles. The molecule has 204 valence electrons. The van der Waals surface area contributed by atoms with Gasteiger partial charge in [0.1, 0.15) is 0 Å². The third-order valence-corrected chi connectivity index (χ3v) is 9.72. The molecular weight excluding hydrogens is 465 g/mol. The van der Waals surface area contributed by atoms with Crippen LogP contribution in [0.3, 0.4) is 0 Å². The molecule has 0 spiro atoms. The van der Waals surface area contributed by atoms with E-state index in [4.69, 9.17) is 0 Å². The molecule has 2 aliphatic carbocycles. The Hall–Kier alpha value is -1.77. The molecule has 2 fully saturated rings. The lowest BCUT2D eigenvalue weighted by molar-refractivity contribution is 0.0379. The third-order valence-electron chi connectivity index (χ3n) is 9.72. The fourth-order valence-electron chi connectivity index (χ4n) is 7.31. The van der Waals surface area contributed by atoms with E-state index in [-0.39, 0.29) is 0 Å². The lowest BCUT2D eigenvalue weighted by Crippen LogP contribution is -2.36. The Bertz CT molecular complexity index is 927. The molecule has 0 amide bonds. The number of aryl methyl sites for hydroxylation is 1. The van der Waals surface area contributed by atoms with E-state index < -0.39 is 17.5 Å². The first kappa shape index (κ1) is 28.2. The zero-order valence-electron chi connectivity index (χ0n) is 23.0. The van der Waals surface area contributed by atoms with Gasteiger partial charge < -0.3 is 0 Å². The van der Waals surface area contributed by atoms with Crippen LogP contribution in [0, 0.1) is 34.7 Å². The zero-order chi connectivity index (χ0) is 26.1. The third kappa shape index (κ3) is 7.64. The predicted molar refractivity (Wildman–Crippen MR) is 149 cm³/mol. The number of benzene rings is 2. The molecule has 2 aromatic rings. The maximum absolute atomic E-state index is 13.7. The van der Waals surface area contributed by atoms with E-state index in [1.165, 1.54) is 115 Å². The maximum Gasteiger partial charge on any atom is 0.194 e. The fourth-order valence-corrected chi connectivity index (χ4v) is 7.31. The Balaban J connectivity index is 1.34. The number of rotatable bonds is 12. The normalized spacial score (nSPS) is 22.9. The first-order valence-electron chi connectivity index (χ1n) is 15.2. The molecule has 0 radical (unpaired) electrons.